The van der Waals surface area contributed by atoms with Crippen molar-refractivity contribution in [3.05, 3.63) is 23.3 Å². The van der Waals surface area contributed by atoms with Crippen LogP contribution in [0, 0.1) is 5.92 Å². The zero-order valence-corrected chi connectivity index (χ0v) is 12.9. The minimum atomic E-state index is 0.452. The number of rotatable bonds is 2. The van der Waals surface area contributed by atoms with E-state index < -0.39 is 0 Å². The van der Waals surface area contributed by atoms with Gasteiger partial charge in [-0.2, -0.15) is 0 Å². The van der Waals surface area contributed by atoms with Gasteiger partial charge >= 0.3 is 0 Å². The maximum Gasteiger partial charge on any atom is 0.131 e. The van der Waals surface area contributed by atoms with Gasteiger partial charge < -0.3 is 5.32 Å². The second-order valence-electron chi connectivity index (χ2n) is 6.67. The lowest BCUT2D eigenvalue weighted by molar-refractivity contribution is 0.339. The molecule has 1 aromatic heterocycles. The van der Waals surface area contributed by atoms with Crippen molar-refractivity contribution >= 4 is 0 Å². The van der Waals surface area contributed by atoms with Crippen molar-refractivity contribution in [1.29, 1.82) is 0 Å². The Kier molecular flexibility index (Phi) is 4.35. The minimum Gasteiger partial charge on any atom is -0.313 e. The second kappa shape index (κ2) is 6.21. The van der Waals surface area contributed by atoms with Gasteiger partial charge in [0.15, 0.2) is 0 Å². The van der Waals surface area contributed by atoms with E-state index in [1.165, 1.54) is 56.2 Å². The quantitative estimate of drug-likeness (QED) is 0.834. The molecule has 0 saturated heterocycles. The Labute approximate surface area is 122 Å². The van der Waals surface area contributed by atoms with E-state index >= 15 is 0 Å². The largest absolute Gasteiger partial charge is 0.313 e. The Hall–Kier alpha value is -0.960. The lowest BCUT2D eigenvalue weighted by Crippen LogP contribution is -2.19. The molecule has 20 heavy (non-hydrogen) atoms. The molecule has 1 unspecified atom stereocenters. The Bertz CT molecular complexity index is 450. The molecule has 2 aliphatic rings. The van der Waals surface area contributed by atoms with Gasteiger partial charge in [-0.3, -0.25) is 0 Å². The molecule has 1 heterocycles. The molecule has 1 aromatic rings. The fourth-order valence-corrected chi connectivity index (χ4v) is 3.74. The van der Waals surface area contributed by atoms with Crippen molar-refractivity contribution < 1.29 is 0 Å². The standard InChI is InChI=1S/C17H27N3/c1-12-7-9-13(10-8-12)17-19-11-14-15(18-2)5-3-4-6-16(14)20-17/h11-13,15,18H,3-10H2,1-2H3. The lowest BCUT2D eigenvalue weighted by atomic mass is 9.82. The third-order valence-corrected chi connectivity index (χ3v) is 5.18. The van der Waals surface area contributed by atoms with Gasteiger partial charge in [0.1, 0.15) is 5.82 Å². The van der Waals surface area contributed by atoms with Crippen LogP contribution in [0.25, 0.3) is 0 Å². The molecule has 0 aliphatic heterocycles. The Morgan fingerprint density at radius 1 is 1.10 bits per heavy atom. The molecular weight excluding hydrogens is 246 g/mol. The van der Waals surface area contributed by atoms with Crippen molar-refractivity contribution in [1.82, 2.24) is 15.3 Å². The monoisotopic (exact) mass is 273 g/mol. The number of nitrogens with one attached hydrogen (secondary N) is 1. The summed E-state index contributed by atoms with van der Waals surface area (Å²) in [5.74, 6) is 2.61. The summed E-state index contributed by atoms with van der Waals surface area (Å²) in [6.07, 6.45) is 12.2. The van der Waals surface area contributed by atoms with E-state index in [1.54, 1.807) is 0 Å². The molecule has 1 fully saturated rings. The summed E-state index contributed by atoms with van der Waals surface area (Å²) in [4.78, 5) is 9.70. The van der Waals surface area contributed by atoms with E-state index in [2.05, 4.69) is 25.5 Å². The van der Waals surface area contributed by atoms with Crippen LogP contribution >= 0.6 is 0 Å². The predicted octanol–water partition coefficient (Wildman–Crippen LogP) is 3.76. The Balaban J connectivity index is 1.83. The summed E-state index contributed by atoms with van der Waals surface area (Å²) in [6.45, 7) is 2.37. The molecular formula is C17H27N3. The molecule has 3 nitrogen and oxygen atoms in total. The highest BCUT2D eigenvalue weighted by Crippen LogP contribution is 2.35. The van der Waals surface area contributed by atoms with Crippen LogP contribution < -0.4 is 5.32 Å². The summed E-state index contributed by atoms with van der Waals surface area (Å²) in [6, 6.07) is 0.452. The first-order chi connectivity index (χ1) is 9.78. The van der Waals surface area contributed by atoms with Crippen LogP contribution in [-0.2, 0) is 6.42 Å². The van der Waals surface area contributed by atoms with Gasteiger partial charge in [-0.25, -0.2) is 9.97 Å². The first-order valence-corrected chi connectivity index (χ1v) is 8.31. The highest BCUT2D eigenvalue weighted by Gasteiger charge is 2.24. The molecule has 0 amide bonds. The SMILES string of the molecule is CNC1CCCCc2nc(C3CCC(C)CC3)ncc21. The summed E-state index contributed by atoms with van der Waals surface area (Å²) in [7, 11) is 2.05. The third kappa shape index (κ3) is 2.88. The molecule has 3 heteroatoms. The highest BCUT2D eigenvalue weighted by atomic mass is 14.9. The Morgan fingerprint density at radius 2 is 1.90 bits per heavy atom. The van der Waals surface area contributed by atoms with E-state index in [1.807, 2.05) is 0 Å². The summed E-state index contributed by atoms with van der Waals surface area (Å²) >= 11 is 0. The van der Waals surface area contributed by atoms with E-state index in [0.717, 1.165) is 18.2 Å². The van der Waals surface area contributed by atoms with E-state index in [9.17, 15) is 0 Å². The van der Waals surface area contributed by atoms with Crippen molar-refractivity contribution in [2.45, 2.75) is 70.3 Å². The molecule has 0 aromatic carbocycles. The molecule has 3 rings (SSSR count). The second-order valence-corrected chi connectivity index (χ2v) is 6.67. The number of aromatic nitrogens is 2. The summed E-state index contributed by atoms with van der Waals surface area (Å²) in [5, 5.41) is 3.42. The highest BCUT2D eigenvalue weighted by molar-refractivity contribution is 5.24. The van der Waals surface area contributed by atoms with Crippen LogP contribution in [0.2, 0.25) is 0 Å². The molecule has 1 atom stereocenters. The van der Waals surface area contributed by atoms with E-state index in [-0.39, 0.29) is 0 Å². The first kappa shape index (κ1) is 14.0. The van der Waals surface area contributed by atoms with E-state index in [4.69, 9.17) is 9.97 Å². The van der Waals surface area contributed by atoms with Crippen LogP contribution in [0.4, 0.5) is 0 Å². The molecule has 1 saturated carbocycles. The third-order valence-electron chi connectivity index (χ3n) is 5.18. The molecule has 0 spiro atoms. The van der Waals surface area contributed by atoms with E-state index in [0.29, 0.717) is 12.0 Å². The molecule has 2 aliphatic carbocycles. The minimum absolute atomic E-state index is 0.452. The normalized spacial score (nSPS) is 30.6. The van der Waals surface area contributed by atoms with Crippen LogP contribution in [0.1, 0.15) is 80.9 Å². The maximum absolute atomic E-state index is 4.97. The number of hydrogen-bond acceptors (Lipinski definition) is 3. The molecule has 110 valence electrons. The maximum atomic E-state index is 4.97. The number of nitrogens with zero attached hydrogens (tertiary/aromatic N) is 2. The van der Waals surface area contributed by atoms with Gasteiger partial charge in [0.2, 0.25) is 0 Å². The smallest absolute Gasteiger partial charge is 0.131 e. The average molecular weight is 273 g/mol. The van der Waals surface area contributed by atoms with Gasteiger partial charge in [-0.05, 0) is 45.1 Å². The predicted molar refractivity (Wildman–Crippen MR) is 81.8 cm³/mol. The molecule has 0 radical (unpaired) electrons. The molecule has 0 bridgehead atoms. The van der Waals surface area contributed by atoms with Gasteiger partial charge in [0, 0.05) is 29.4 Å². The van der Waals surface area contributed by atoms with Crippen molar-refractivity contribution in [3.63, 3.8) is 0 Å². The number of hydrogen-bond donors (Lipinski definition) is 1. The van der Waals surface area contributed by atoms with Crippen LogP contribution in [-0.4, -0.2) is 17.0 Å². The Morgan fingerprint density at radius 3 is 2.65 bits per heavy atom. The van der Waals surface area contributed by atoms with Crippen molar-refractivity contribution in [2.24, 2.45) is 5.92 Å². The van der Waals surface area contributed by atoms with Crippen LogP contribution in [0.15, 0.2) is 6.20 Å². The zero-order chi connectivity index (χ0) is 13.9. The first-order valence-electron chi connectivity index (χ1n) is 8.31. The fraction of sp³-hybridized carbons (Fsp3) is 0.765. The number of aryl methyl sites for hydroxylation is 1. The van der Waals surface area contributed by atoms with Gasteiger partial charge in [-0.1, -0.05) is 26.2 Å². The summed E-state index contributed by atoms with van der Waals surface area (Å²) in [5.41, 5.74) is 2.66. The van der Waals surface area contributed by atoms with Crippen molar-refractivity contribution in [2.75, 3.05) is 7.05 Å². The summed E-state index contributed by atoms with van der Waals surface area (Å²) < 4.78 is 0. The topological polar surface area (TPSA) is 37.8 Å². The van der Waals surface area contributed by atoms with Crippen LogP contribution in [0.5, 0.6) is 0 Å². The van der Waals surface area contributed by atoms with Crippen molar-refractivity contribution in [3.8, 4) is 0 Å². The van der Waals surface area contributed by atoms with Crippen LogP contribution in [0.3, 0.4) is 0 Å². The van der Waals surface area contributed by atoms with Gasteiger partial charge in [0.25, 0.3) is 0 Å². The van der Waals surface area contributed by atoms with Gasteiger partial charge in [-0.15, -0.1) is 0 Å². The lowest BCUT2D eigenvalue weighted by Gasteiger charge is -2.26. The van der Waals surface area contributed by atoms with Gasteiger partial charge in [0.05, 0.1) is 0 Å². The number of fused-ring (bicyclic) bond motifs is 1. The fourth-order valence-electron chi connectivity index (χ4n) is 3.74. The zero-order valence-electron chi connectivity index (χ0n) is 12.9. The molecule has 1 N–H and O–H groups in total. The average Bonchev–Trinajstić information content (AvgIpc) is 2.69.